The van der Waals surface area contributed by atoms with Crippen molar-refractivity contribution in [1.82, 2.24) is 9.97 Å². The number of nitrogens with zero attached hydrogens (tertiary/aromatic N) is 2. The largest absolute Gasteiger partial charge is 0.440 e. The van der Waals surface area contributed by atoms with Crippen LogP contribution in [-0.4, -0.2) is 15.1 Å². The van der Waals surface area contributed by atoms with E-state index < -0.39 is 6.10 Å². The van der Waals surface area contributed by atoms with Crippen LogP contribution in [-0.2, 0) is 12.8 Å². The summed E-state index contributed by atoms with van der Waals surface area (Å²) in [5.41, 5.74) is 4.49. The lowest BCUT2D eigenvalue weighted by molar-refractivity contribution is 0.168. The molecule has 0 saturated carbocycles. The fourth-order valence-electron chi connectivity index (χ4n) is 2.85. The van der Waals surface area contributed by atoms with Crippen LogP contribution in [0.15, 0.2) is 8.83 Å². The van der Waals surface area contributed by atoms with Crippen molar-refractivity contribution in [3.63, 3.8) is 0 Å². The zero-order valence-corrected chi connectivity index (χ0v) is 13.6. The summed E-state index contributed by atoms with van der Waals surface area (Å²) >= 11 is 0. The molecule has 3 rings (SSSR count). The van der Waals surface area contributed by atoms with Gasteiger partial charge in [-0.3, -0.25) is 0 Å². The number of oxazole rings is 2. The molecule has 2 heterocycles. The van der Waals surface area contributed by atoms with Gasteiger partial charge in [-0.25, -0.2) is 9.97 Å². The van der Waals surface area contributed by atoms with E-state index in [2.05, 4.69) is 9.97 Å². The topological polar surface area (TPSA) is 72.3 Å². The first kappa shape index (κ1) is 15.0. The van der Waals surface area contributed by atoms with Crippen LogP contribution in [0.5, 0.6) is 0 Å². The van der Waals surface area contributed by atoms with Crippen molar-refractivity contribution in [3.05, 3.63) is 22.9 Å². The molecule has 1 unspecified atom stereocenters. The maximum Gasteiger partial charge on any atom is 0.195 e. The minimum Gasteiger partial charge on any atom is -0.440 e. The molecule has 2 aromatic heterocycles. The second kappa shape index (κ2) is 5.72. The molecule has 1 N–H and O–H groups in total. The second-order valence-electron chi connectivity index (χ2n) is 5.62. The quantitative estimate of drug-likeness (QED) is 0.763. The third-order valence-corrected chi connectivity index (χ3v) is 4.04. The average Bonchev–Trinajstić information content (AvgIpc) is 3.12. The number of fused-ring (bicyclic) bond motifs is 2. The molecular weight excluding hydrogens is 280 g/mol. The van der Waals surface area contributed by atoms with E-state index in [1.165, 1.54) is 0 Å². The summed E-state index contributed by atoms with van der Waals surface area (Å²) in [6.45, 7) is 8.01. The zero-order valence-electron chi connectivity index (χ0n) is 13.6. The Kier molecular flexibility index (Phi) is 3.91. The Morgan fingerprint density at radius 2 is 1.55 bits per heavy atom. The number of hydrogen-bond acceptors (Lipinski definition) is 5. The van der Waals surface area contributed by atoms with E-state index in [-0.39, 0.29) is 0 Å². The summed E-state index contributed by atoms with van der Waals surface area (Å²) in [5.74, 6) is 1.35. The van der Waals surface area contributed by atoms with Crippen LogP contribution in [0.3, 0.4) is 0 Å². The van der Waals surface area contributed by atoms with Gasteiger partial charge in [-0.15, -0.1) is 0 Å². The van der Waals surface area contributed by atoms with Crippen LogP contribution in [0.4, 0.5) is 0 Å². The average molecular weight is 302 g/mol. The predicted octanol–water partition coefficient (Wildman–Crippen LogP) is 4.24. The van der Waals surface area contributed by atoms with Crippen LogP contribution in [0, 0.1) is 6.92 Å². The van der Waals surface area contributed by atoms with E-state index in [4.69, 9.17) is 8.83 Å². The highest BCUT2D eigenvalue weighted by molar-refractivity contribution is 5.98. The van der Waals surface area contributed by atoms with Crippen molar-refractivity contribution in [1.29, 1.82) is 0 Å². The van der Waals surface area contributed by atoms with Crippen molar-refractivity contribution in [3.8, 4) is 0 Å². The van der Waals surface area contributed by atoms with Crippen LogP contribution in [0.1, 0.15) is 62.6 Å². The van der Waals surface area contributed by atoms with Gasteiger partial charge in [0.15, 0.2) is 22.9 Å². The van der Waals surface area contributed by atoms with Crippen molar-refractivity contribution in [2.24, 2.45) is 0 Å². The molecule has 1 atom stereocenters. The predicted molar refractivity (Wildman–Crippen MR) is 84.9 cm³/mol. The van der Waals surface area contributed by atoms with E-state index in [0.717, 1.165) is 17.5 Å². The third-order valence-electron chi connectivity index (χ3n) is 4.04. The second-order valence-corrected chi connectivity index (χ2v) is 5.62. The summed E-state index contributed by atoms with van der Waals surface area (Å²) in [6.07, 6.45) is 2.34. The lowest BCUT2D eigenvalue weighted by Gasteiger charge is -2.11. The number of aliphatic hydroxyl groups excluding tert-OH is 1. The molecule has 1 aromatic carbocycles. The molecule has 0 amide bonds. The zero-order chi connectivity index (χ0) is 15.9. The summed E-state index contributed by atoms with van der Waals surface area (Å²) in [4.78, 5) is 9.12. The minimum atomic E-state index is -0.622. The van der Waals surface area contributed by atoms with E-state index >= 15 is 0 Å². The minimum absolute atomic E-state index is 0.622. The maximum absolute atomic E-state index is 10.6. The fraction of sp³-hybridized carbons (Fsp3) is 0.529. The van der Waals surface area contributed by atoms with Gasteiger partial charge in [-0.2, -0.15) is 0 Å². The summed E-state index contributed by atoms with van der Waals surface area (Å²) in [6, 6.07) is 0. The summed E-state index contributed by atoms with van der Waals surface area (Å²) in [5, 5.41) is 10.6. The Hall–Kier alpha value is -1.88. The van der Waals surface area contributed by atoms with Crippen LogP contribution < -0.4 is 0 Å². The van der Waals surface area contributed by atoms with E-state index in [0.29, 0.717) is 53.3 Å². The van der Waals surface area contributed by atoms with Crippen molar-refractivity contribution in [2.45, 2.75) is 59.5 Å². The molecule has 0 aliphatic rings. The molecule has 0 fully saturated rings. The standard InChI is InChI=1S/C17H22N2O3/c1-5-8-10(20)13-15-16(21-12(7-3)19-15)9(4)14-17(13)22-11(6-2)18-14/h10,20H,5-8H2,1-4H3. The first-order chi connectivity index (χ1) is 10.6. The number of aromatic nitrogens is 2. The van der Waals surface area contributed by atoms with Crippen molar-refractivity contribution < 1.29 is 13.9 Å². The molecular formula is C17H22N2O3. The Morgan fingerprint density at radius 3 is 2.14 bits per heavy atom. The number of aryl methyl sites for hydroxylation is 3. The Labute approximate surface area is 129 Å². The molecule has 3 aromatic rings. The molecule has 118 valence electrons. The fourth-order valence-corrected chi connectivity index (χ4v) is 2.85. The molecule has 22 heavy (non-hydrogen) atoms. The molecule has 0 aliphatic heterocycles. The Morgan fingerprint density at radius 1 is 0.955 bits per heavy atom. The third kappa shape index (κ3) is 2.20. The Balaban J connectivity index is 2.40. The number of benzene rings is 1. The van der Waals surface area contributed by atoms with E-state index in [1.54, 1.807) is 0 Å². The SMILES string of the molecule is CCCC(O)c1c2nc(CC)oc2c(C)c2nc(CC)oc12. The Bertz CT molecular complexity index is 757. The van der Waals surface area contributed by atoms with Gasteiger partial charge in [-0.1, -0.05) is 27.2 Å². The van der Waals surface area contributed by atoms with Crippen LogP contribution in [0.25, 0.3) is 22.2 Å². The van der Waals surface area contributed by atoms with Gasteiger partial charge in [0, 0.05) is 18.4 Å². The first-order valence-corrected chi connectivity index (χ1v) is 7.99. The highest BCUT2D eigenvalue weighted by atomic mass is 16.4. The van der Waals surface area contributed by atoms with Gasteiger partial charge < -0.3 is 13.9 Å². The molecule has 0 bridgehead atoms. The number of hydrogen-bond donors (Lipinski definition) is 1. The monoisotopic (exact) mass is 302 g/mol. The molecule has 0 saturated heterocycles. The van der Waals surface area contributed by atoms with Gasteiger partial charge in [0.05, 0.1) is 11.7 Å². The van der Waals surface area contributed by atoms with E-state index in [9.17, 15) is 5.11 Å². The maximum atomic E-state index is 10.6. The van der Waals surface area contributed by atoms with Crippen molar-refractivity contribution >= 4 is 22.2 Å². The molecule has 5 heteroatoms. The molecule has 0 spiro atoms. The highest BCUT2D eigenvalue weighted by Gasteiger charge is 2.25. The summed E-state index contributed by atoms with van der Waals surface area (Å²) in [7, 11) is 0. The lowest BCUT2D eigenvalue weighted by atomic mass is 10.00. The van der Waals surface area contributed by atoms with Gasteiger partial charge in [0.2, 0.25) is 0 Å². The number of rotatable bonds is 5. The molecule has 0 aliphatic carbocycles. The highest BCUT2D eigenvalue weighted by Crippen LogP contribution is 2.37. The smallest absolute Gasteiger partial charge is 0.195 e. The van der Waals surface area contributed by atoms with Gasteiger partial charge in [0.25, 0.3) is 0 Å². The van der Waals surface area contributed by atoms with E-state index in [1.807, 2.05) is 27.7 Å². The molecule has 0 radical (unpaired) electrons. The van der Waals surface area contributed by atoms with Crippen molar-refractivity contribution in [2.75, 3.05) is 0 Å². The number of aliphatic hydroxyl groups is 1. The van der Waals surface area contributed by atoms with Crippen LogP contribution in [0.2, 0.25) is 0 Å². The van der Waals surface area contributed by atoms with Gasteiger partial charge in [0.1, 0.15) is 11.0 Å². The summed E-state index contributed by atoms with van der Waals surface area (Å²) < 4.78 is 11.8. The van der Waals surface area contributed by atoms with Gasteiger partial charge >= 0.3 is 0 Å². The normalized spacial score (nSPS) is 13.3. The lowest BCUT2D eigenvalue weighted by Crippen LogP contribution is -2.00. The van der Waals surface area contributed by atoms with Crippen LogP contribution >= 0.6 is 0 Å². The van der Waals surface area contributed by atoms with Gasteiger partial charge in [-0.05, 0) is 13.3 Å². The molecule has 5 nitrogen and oxygen atoms in total. The first-order valence-electron chi connectivity index (χ1n) is 7.99.